The van der Waals surface area contributed by atoms with E-state index < -0.39 is 11.8 Å². The maximum atomic E-state index is 13.4. The van der Waals surface area contributed by atoms with Crippen molar-refractivity contribution in [1.82, 2.24) is 34.9 Å². The smallest absolute Gasteiger partial charge is 0.320 e. The largest absolute Gasteiger partial charge is 0.485 e. The number of aryl methyl sites for hydroxylation is 1. The molecular formula is C23H23FN8O2. The number of fused-ring (bicyclic) bond motifs is 1. The lowest BCUT2D eigenvalue weighted by Crippen LogP contribution is -2.47. The number of aromatic nitrogens is 5. The van der Waals surface area contributed by atoms with E-state index in [1.54, 1.807) is 29.3 Å². The van der Waals surface area contributed by atoms with E-state index >= 15 is 0 Å². The summed E-state index contributed by atoms with van der Waals surface area (Å²) in [5, 5.41) is 11.0. The van der Waals surface area contributed by atoms with Crippen molar-refractivity contribution in [3.63, 3.8) is 0 Å². The second-order valence-electron chi connectivity index (χ2n) is 8.26. The lowest BCUT2D eigenvalue weighted by atomic mass is 10.2. The van der Waals surface area contributed by atoms with Gasteiger partial charge in [0.25, 0.3) is 0 Å². The van der Waals surface area contributed by atoms with E-state index in [4.69, 9.17) is 4.74 Å². The highest BCUT2D eigenvalue weighted by atomic mass is 19.1. The molecule has 0 aromatic carbocycles. The summed E-state index contributed by atoms with van der Waals surface area (Å²) >= 11 is 0. The summed E-state index contributed by atoms with van der Waals surface area (Å²) in [5.74, 6) is 0.240. The van der Waals surface area contributed by atoms with Crippen molar-refractivity contribution in [2.45, 2.75) is 19.1 Å². The highest BCUT2D eigenvalue weighted by Gasteiger charge is 2.34. The van der Waals surface area contributed by atoms with E-state index in [1.807, 2.05) is 31.0 Å². The molecule has 1 aliphatic heterocycles. The molecule has 5 heterocycles. The number of likely N-dealkylation sites (tertiary alicyclic amines) is 1. The van der Waals surface area contributed by atoms with Crippen LogP contribution in [0.1, 0.15) is 5.69 Å². The zero-order valence-corrected chi connectivity index (χ0v) is 18.6. The predicted octanol–water partition coefficient (Wildman–Crippen LogP) is 2.54. The Balaban J connectivity index is 1.27. The Bertz CT molecular complexity index is 1340. The maximum Gasteiger partial charge on any atom is 0.320 e. The quantitative estimate of drug-likeness (QED) is 0.469. The van der Waals surface area contributed by atoms with Crippen LogP contribution in [0.4, 0.5) is 15.0 Å². The average Bonchev–Trinajstić information content (AvgIpc) is 3.36. The molecule has 1 saturated heterocycles. The van der Waals surface area contributed by atoms with Crippen molar-refractivity contribution in [1.29, 1.82) is 0 Å². The van der Waals surface area contributed by atoms with Crippen molar-refractivity contribution < 1.29 is 13.9 Å². The van der Waals surface area contributed by atoms with Crippen molar-refractivity contribution in [2.75, 3.05) is 25.5 Å². The van der Waals surface area contributed by atoms with Crippen LogP contribution in [0.25, 0.3) is 16.6 Å². The number of halogens is 1. The van der Waals surface area contributed by atoms with Crippen molar-refractivity contribution in [3.05, 3.63) is 66.8 Å². The van der Waals surface area contributed by atoms with Crippen LogP contribution in [0, 0.1) is 12.7 Å². The van der Waals surface area contributed by atoms with Crippen LogP contribution in [0.5, 0.6) is 5.75 Å². The van der Waals surface area contributed by atoms with E-state index in [0.717, 1.165) is 28.5 Å². The maximum absolute atomic E-state index is 13.4. The van der Waals surface area contributed by atoms with E-state index in [1.165, 1.54) is 12.3 Å². The Kier molecular flexibility index (Phi) is 5.76. The average molecular weight is 462 g/mol. The first-order valence-corrected chi connectivity index (χ1v) is 10.7. The number of hydrogen-bond acceptors (Lipinski definition) is 7. The van der Waals surface area contributed by atoms with Gasteiger partial charge in [0.05, 0.1) is 42.0 Å². The summed E-state index contributed by atoms with van der Waals surface area (Å²) in [7, 11) is 1.93. The van der Waals surface area contributed by atoms with Crippen LogP contribution < -0.4 is 15.4 Å². The Morgan fingerprint density at radius 1 is 1.15 bits per heavy atom. The summed E-state index contributed by atoms with van der Waals surface area (Å²) in [6, 6.07) is 6.14. The molecule has 1 fully saturated rings. The molecule has 2 amide bonds. The minimum absolute atomic E-state index is 0.297. The van der Waals surface area contributed by atoms with Gasteiger partial charge in [-0.1, -0.05) is 0 Å². The fraction of sp³-hybridized carbons (Fsp3) is 0.261. The molecule has 0 spiro atoms. The van der Waals surface area contributed by atoms with Crippen LogP contribution in [0.2, 0.25) is 0 Å². The Morgan fingerprint density at radius 3 is 2.85 bits per heavy atom. The highest BCUT2D eigenvalue weighted by molar-refractivity contribution is 5.91. The van der Waals surface area contributed by atoms with Crippen LogP contribution in [0.15, 0.2) is 55.2 Å². The number of nitrogens with one attached hydrogen (secondary N) is 2. The number of rotatable bonds is 5. The van der Waals surface area contributed by atoms with Crippen molar-refractivity contribution in [3.8, 4) is 11.4 Å². The summed E-state index contributed by atoms with van der Waals surface area (Å²) in [5.41, 5.74) is 2.58. The summed E-state index contributed by atoms with van der Waals surface area (Å²) in [6.07, 6.45) is 7.33. The standard InChI is InChI=1S/C23H23FN8O2/c1-14-5-17(3-4-26-14)32-20-11-27-22(6-15(20)8-28-32)30-23(33)29-19-12-31(2)13-21(19)34-18-7-16(24)9-25-10-18/h3-11,19,21H,12-13H2,1-2H3,(H2,27,29,30,33)/t19-,21-/m0/s1. The molecule has 0 radical (unpaired) electrons. The molecule has 0 aliphatic carbocycles. The lowest BCUT2D eigenvalue weighted by Gasteiger charge is -2.21. The van der Waals surface area contributed by atoms with Crippen LogP contribution in [0.3, 0.4) is 0 Å². The number of carbonyl (C=O) groups is 1. The monoisotopic (exact) mass is 462 g/mol. The van der Waals surface area contributed by atoms with Gasteiger partial charge >= 0.3 is 6.03 Å². The molecule has 5 rings (SSSR count). The van der Waals surface area contributed by atoms with Gasteiger partial charge in [-0.3, -0.25) is 15.3 Å². The van der Waals surface area contributed by atoms with Gasteiger partial charge in [0.2, 0.25) is 0 Å². The summed E-state index contributed by atoms with van der Waals surface area (Å²) < 4.78 is 21.1. The van der Waals surface area contributed by atoms with Crippen molar-refractivity contribution in [2.24, 2.45) is 0 Å². The fourth-order valence-corrected chi connectivity index (χ4v) is 4.04. The van der Waals surface area contributed by atoms with Crippen LogP contribution >= 0.6 is 0 Å². The number of amides is 2. The zero-order valence-electron chi connectivity index (χ0n) is 18.6. The van der Waals surface area contributed by atoms with E-state index in [9.17, 15) is 9.18 Å². The van der Waals surface area contributed by atoms with Gasteiger partial charge in [-0.15, -0.1) is 0 Å². The third-order valence-electron chi connectivity index (χ3n) is 5.55. The van der Waals surface area contributed by atoms with Gasteiger partial charge in [-0.2, -0.15) is 5.10 Å². The third kappa shape index (κ3) is 4.64. The lowest BCUT2D eigenvalue weighted by molar-refractivity contribution is 0.181. The van der Waals surface area contributed by atoms with E-state index in [-0.39, 0.29) is 12.1 Å². The van der Waals surface area contributed by atoms with Gasteiger partial charge in [0.15, 0.2) is 0 Å². The van der Waals surface area contributed by atoms with Crippen LogP contribution in [-0.2, 0) is 0 Å². The molecule has 0 saturated carbocycles. The number of pyridine rings is 3. The minimum atomic E-state index is -0.477. The Morgan fingerprint density at radius 2 is 2.03 bits per heavy atom. The molecule has 2 atom stereocenters. The molecule has 34 heavy (non-hydrogen) atoms. The normalized spacial score (nSPS) is 18.2. The van der Waals surface area contributed by atoms with Crippen molar-refractivity contribution >= 4 is 22.8 Å². The number of urea groups is 1. The molecular weight excluding hydrogens is 439 g/mol. The van der Waals surface area contributed by atoms with Gasteiger partial charge in [-0.05, 0) is 32.2 Å². The molecule has 1 aliphatic rings. The highest BCUT2D eigenvalue weighted by Crippen LogP contribution is 2.21. The zero-order chi connectivity index (χ0) is 23.7. The van der Waals surface area contributed by atoms with E-state index in [2.05, 4.69) is 30.7 Å². The van der Waals surface area contributed by atoms with Gasteiger partial charge in [0.1, 0.15) is 23.5 Å². The van der Waals surface area contributed by atoms with Gasteiger partial charge < -0.3 is 15.0 Å². The third-order valence-corrected chi connectivity index (χ3v) is 5.55. The number of hydrogen-bond donors (Lipinski definition) is 2. The number of nitrogens with zero attached hydrogens (tertiary/aromatic N) is 6. The van der Waals surface area contributed by atoms with Crippen LogP contribution in [-0.4, -0.2) is 67.9 Å². The van der Waals surface area contributed by atoms with Gasteiger partial charge in [0, 0.05) is 36.4 Å². The summed E-state index contributed by atoms with van der Waals surface area (Å²) in [6.45, 7) is 3.09. The Labute approximate surface area is 194 Å². The number of likely N-dealkylation sites (N-methyl/N-ethyl adjacent to an activating group) is 1. The molecule has 0 unspecified atom stereocenters. The number of carbonyl (C=O) groups excluding carboxylic acids is 1. The molecule has 2 N–H and O–H groups in total. The molecule has 0 bridgehead atoms. The molecule has 4 aromatic heterocycles. The summed E-state index contributed by atoms with van der Waals surface area (Å²) in [4.78, 5) is 27.1. The topological polar surface area (TPSA) is 110 Å². The Hall–Kier alpha value is -4.12. The SMILES string of the molecule is Cc1cc(-n2ncc3cc(NC(=O)N[C@H]4CN(C)C[C@@H]4Oc4cncc(F)c4)ncc32)ccn1. The molecule has 4 aromatic rings. The number of ether oxygens (including phenoxy) is 1. The minimum Gasteiger partial charge on any atom is -0.485 e. The molecule has 174 valence electrons. The predicted molar refractivity (Wildman–Crippen MR) is 123 cm³/mol. The van der Waals surface area contributed by atoms with E-state index in [0.29, 0.717) is 24.7 Å². The first-order chi connectivity index (χ1) is 16.4. The first-order valence-electron chi connectivity index (χ1n) is 10.7. The molecule has 11 heteroatoms. The fourth-order valence-electron chi connectivity index (χ4n) is 4.04. The molecule has 10 nitrogen and oxygen atoms in total. The first kappa shape index (κ1) is 21.7. The second-order valence-corrected chi connectivity index (χ2v) is 8.26. The number of anilines is 1. The van der Waals surface area contributed by atoms with Gasteiger partial charge in [-0.25, -0.2) is 18.9 Å². The second kappa shape index (κ2) is 9.02.